The van der Waals surface area contributed by atoms with Gasteiger partial charge in [0.25, 0.3) is 0 Å². The van der Waals surface area contributed by atoms with Gasteiger partial charge in [-0.25, -0.2) is 0 Å². The third-order valence-electron chi connectivity index (χ3n) is 4.82. The van der Waals surface area contributed by atoms with Crippen molar-refractivity contribution < 1.29 is 4.79 Å². The van der Waals surface area contributed by atoms with Crippen molar-refractivity contribution in [2.75, 3.05) is 46.3 Å². The number of halogens is 3. The first-order valence-electron chi connectivity index (χ1n) is 8.01. The number of hydrogen-bond donors (Lipinski definition) is 2. The zero-order valence-electron chi connectivity index (χ0n) is 14.2. The Balaban J connectivity index is 0. The number of amides is 1. The van der Waals surface area contributed by atoms with Gasteiger partial charge in [0, 0.05) is 44.7 Å². The highest BCUT2D eigenvalue weighted by Crippen LogP contribution is 2.31. The number of nitrogens with zero attached hydrogens (tertiary/aromatic N) is 2. The van der Waals surface area contributed by atoms with E-state index in [-0.39, 0.29) is 55.1 Å². The van der Waals surface area contributed by atoms with E-state index in [1.165, 1.54) is 0 Å². The van der Waals surface area contributed by atoms with Crippen LogP contribution in [0, 0.1) is 11.8 Å². The van der Waals surface area contributed by atoms with Crippen LogP contribution in [0.25, 0.3) is 0 Å². The lowest BCUT2D eigenvalue weighted by atomic mass is 9.95. The molecule has 2 aliphatic rings. The van der Waals surface area contributed by atoms with Crippen LogP contribution in [0.5, 0.6) is 0 Å². The number of rotatable bonds is 5. The predicted octanol–water partition coefficient (Wildman–Crippen LogP) is 1.38. The Labute approximate surface area is 159 Å². The van der Waals surface area contributed by atoms with E-state index in [1.54, 1.807) is 0 Å². The van der Waals surface area contributed by atoms with Crippen molar-refractivity contribution in [3.63, 3.8) is 0 Å². The number of carbonyl (C=O) groups is 1. The SMILES string of the molecule is CC(CN1CCN(C)CC1)NC(=O)[C@@H]1CCC[C@@H]1CN.Cl.Cl.Cl. The van der Waals surface area contributed by atoms with Crippen molar-refractivity contribution in [2.45, 2.75) is 32.2 Å². The summed E-state index contributed by atoms with van der Waals surface area (Å²) < 4.78 is 0. The van der Waals surface area contributed by atoms with Gasteiger partial charge in [0.05, 0.1) is 0 Å². The molecule has 1 saturated carbocycles. The maximum atomic E-state index is 12.3. The zero-order valence-corrected chi connectivity index (χ0v) is 16.7. The molecule has 1 aliphatic heterocycles. The van der Waals surface area contributed by atoms with Crippen LogP contribution < -0.4 is 11.1 Å². The number of hydrogen-bond acceptors (Lipinski definition) is 4. The Kier molecular flexibility index (Phi) is 13.9. The van der Waals surface area contributed by atoms with Gasteiger partial charge in [-0.1, -0.05) is 6.42 Å². The third-order valence-corrected chi connectivity index (χ3v) is 4.82. The van der Waals surface area contributed by atoms with Gasteiger partial charge in [0.15, 0.2) is 0 Å². The quantitative estimate of drug-likeness (QED) is 0.743. The summed E-state index contributed by atoms with van der Waals surface area (Å²) in [6.45, 7) is 8.17. The predicted molar refractivity (Wildman–Crippen MR) is 103 cm³/mol. The van der Waals surface area contributed by atoms with Gasteiger partial charge in [-0.05, 0) is 39.3 Å². The Morgan fingerprint density at radius 2 is 1.78 bits per heavy atom. The molecule has 23 heavy (non-hydrogen) atoms. The van der Waals surface area contributed by atoms with Crippen LogP contribution in [0.3, 0.4) is 0 Å². The van der Waals surface area contributed by atoms with Crippen molar-refractivity contribution in [1.29, 1.82) is 0 Å². The minimum absolute atomic E-state index is 0. The molecule has 5 nitrogen and oxygen atoms in total. The number of carbonyl (C=O) groups excluding carboxylic acids is 1. The van der Waals surface area contributed by atoms with Crippen LogP contribution >= 0.6 is 37.2 Å². The normalized spacial score (nSPS) is 26.4. The highest BCUT2D eigenvalue weighted by molar-refractivity contribution is 5.86. The summed E-state index contributed by atoms with van der Waals surface area (Å²) in [4.78, 5) is 17.1. The van der Waals surface area contributed by atoms with E-state index in [9.17, 15) is 4.79 Å². The largest absolute Gasteiger partial charge is 0.352 e. The lowest BCUT2D eigenvalue weighted by Gasteiger charge is -2.34. The Morgan fingerprint density at radius 3 is 2.35 bits per heavy atom. The number of nitrogens with two attached hydrogens (primary N) is 1. The molecule has 3 atom stereocenters. The van der Waals surface area contributed by atoms with E-state index >= 15 is 0 Å². The fourth-order valence-corrected chi connectivity index (χ4v) is 3.48. The molecule has 0 spiro atoms. The first-order chi connectivity index (χ1) is 9.60. The Hall–Kier alpha value is 0.220. The molecule has 1 heterocycles. The number of nitrogens with one attached hydrogen (secondary N) is 1. The third kappa shape index (κ3) is 7.76. The van der Waals surface area contributed by atoms with Crippen molar-refractivity contribution in [3.05, 3.63) is 0 Å². The highest BCUT2D eigenvalue weighted by atomic mass is 35.5. The van der Waals surface area contributed by atoms with Crippen LogP contribution in [-0.4, -0.2) is 68.1 Å². The van der Waals surface area contributed by atoms with E-state index in [0.717, 1.165) is 52.0 Å². The topological polar surface area (TPSA) is 61.6 Å². The van der Waals surface area contributed by atoms with Gasteiger partial charge < -0.3 is 16.0 Å². The fourth-order valence-electron chi connectivity index (χ4n) is 3.48. The summed E-state index contributed by atoms with van der Waals surface area (Å²) >= 11 is 0. The van der Waals surface area contributed by atoms with Gasteiger partial charge in [-0.15, -0.1) is 37.2 Å². The molecule has 0 aromatic rings. The summed E-state index contributed by atoms with van der Waals surface area (Å²) in [6, 6.07) is 0.227. The maximum Gasteiger partial charge on any atom is 0.223 e. The molecule has 3 N–H and O–H groups in total. The molecule has 140 valence electrons. The van der Waals surface area contributed by atoms with Crippen LogP contribution in [0.2, 0.25) is 0 Å². The van der Waals surface area contributed by atoms with Crippen molar-refractivity contribution in [1.82, 2.24) is 15.1 Å². The first-order valence-corrected chi connectivity index (χ1v) is 8.01. The fraction of sp³-hybridized carbons (Fsp3) is 0.933. The van der Waals surface area contributed by atoms with Gasteiger partial charge in [-0.2, -0.15) is 0 Å². The van der Waals surface area contributed by atoms with Crippen molar-refractivity contribution in [3.8, 4) is 0 Å². The van der Waals surface area contributed by atoms with Gasteiger partial charge in [-0.3, -0.25) is 9.69 Å². The summed E-state index contributed by atoms with van der Waals surface area (Å²) in [5.74, 6) is 0.764. The van der Waals surface area contributed by atoms with Crippen molar-refractivity contribution in [2.24, 2.45) is 17.6 Å². The van der Waals surface area contributed by atoms with E-state index in [2.05, 4.69) is 29.1 Å². The van der Waals surface area contributed by atoms with Crippen LogP contribution in [0.4, 0.5) is 0 Å². The van der Waals surface area contributed by atoms with Gasteiger partial charge in [0.2, 0.25) is 5.91 Å². The Morgan fingerprint density at radius 1 is 1.17 bits per heavy atom. The molecule has 0 aromatic carbocycles. The maximum absolute atomic E-state index is 12.3. The first kappa shape index (κ1) is 25.5. The lowest BCUT2D eigenvalue weighted by Crippen LogP contribution is -2.50. The lowest BCUT2D eigenvalue weighted by molar-refractivity contribution is -0.126. The molecule has 0 radical (unpaired) electrons. The average molecular weight is 392 g/mol. The molecule has 2 fully saturated rings. The molecule has 0 aromatic heterocycles. The average Bonchev–Trinajstić information content (AvgIpc) is 2.89. The molecular formula is C15H33Cl3N4O. The minimum atomic E-state index is 0. The zero-order chi connectivity index (χ0) is 14.5. The molecule has 8 heteroatoms. The van der Waals surface area contributed by atoms with Gasteiger partial charge >= 0.3 is 0 Å². The van der Waals surface area contributed by atoms with Crippen LogP contribution in [0.15, 0.2) is 0 Å². The molecule has 0 bridgehead atoms. The van der Waals surface area contributed by atoms with E-state index in [4.69, 9.17) is 5.73 Å². The second-order valence-corrected chi connectivity index (χ2v) is 6.55. The summed E-state index contributed by atoms with van der Waals surface area (Å²) in [7, 11) is 2.16. The number of piperazine rings is 1. The monoisotopic (exact) mass is 390 g/mol. The number of likely N-dealkylation sites (N-methyl/N-ethyl adjacent to an activating group) is 1. The summed E-state index contributed by atoms with van der Waals surface area (Å²) in [6.07, 6.45) is 3.27. The molecule has 1 unspecified atom stereocenters. The summed E-state index contributed by atoms with van der Waals surface area (Å²) in [5, 5.41) is 3.19. The van der Waals surface area contributed by atoms with Gasteiger partial charge in [0.1, 0.15) is 0 Å². The van der Waals surface area contributed by atoms with E-state index in [1.807, 2.05) is 0 Å². The van der Waals surface area contributed by atoms with E-state index in [0.29, 0.717) is 12.5 Å². The minimum Gasteiger partial charge on any atom is -0.352 e. The van der Waals surface area contributed by atoms with Crippen molar-refractivity contribution >= 4 is 43.1 Å². The Bertz CT molecular complexity index is 328. The smallest absolute Gasteiger partial charge is 0.223 e. The standard InChI is InChI=1S/C15H30N4O.3ClH/c1-12(11-19-8-6-18(2)7-9-19)17-15(20)14-5-3-4-13(14)10-16;;;/h12-14H,3-11,16H2,1-2H3,(H,17,20);3*1H/t12?,13-,14-;;;/m1.../s1. The van der Waals surface area contributed by atoms with Crippen LogP contribution in [0.1, 0.15) is 26.2 Å². The second-order valence-electron chi connectivity index (χ2n) is 6.55. The molecule has 2 rings (SSSR count). The highest BCUT2D eigenvalue weighted by Gasteiger charge is 2.32. The molecular weight excluding hydrogens is 359 g/mol. The van der Waals surface area contributed by atoms with Crippen LogP contribution in [-0.2, 0) is 4.79 Å². The summed E-state index contributed by atoms with van der Waals surface area (Å²) in [5.41, 5.74) is 5.76. The molecule has 1 saturated heterocycles. The molecule has 1 aliphatic carbocycles. The van der Waals surface area contributed by atoms with E-state index < -0.39 is 0 Å². The second kappa shape index (κ2) is 12.6. The molecule has 1 amide bonds.